The average molecular weight is 288 g/mol. The summed E-state index contributed by atoms with van der Waals surface area (Å²) in [6, 6.07) is 12.2. The van der Waals surface area contributed by atoms with Crippen LogP contribution >= 0.6 is 0 Å². The van der Waals surface area contributed by atoms with Crippen molar-refractivity contribution >= 4 is 0 Å². The molecule has 0 bridgehead atoms. The highest BCUT2D eigenvalue weighted by atomic mass is 15.3. The summed E-state index contributed by atoms with van der Waals surface area (Å²) in [5, 5.41) is 3.81. The van der Waals surface area contributed by atoms with E-state index in [9.17, 15) is 0 Å². The smallest absolute Gasteiger partial charge is 0.0560 e. The summed E-state index contributed by atoms with van der Waals surface area (Å²) in [5.74, 6) is 0.752. The molecule has 0 spiro atoms. The van der Waals surface area contributed by atoms with E-state index in [0.29, 0.717) is 12.1 Å². The van der Waals surface area contributed by atoms with E-state index in [-0.39, 0.29) is 5.54 Å². The van der Waals surface area contributed by atoms with Crippen molar-refractivity contribution in [3.8, 4) is 0 Å². The van der Waals surface area contributed by atoms with Gasteiger partial charge in [-0.3, -0.25) is 4.90 Å². The monoisotopic (exact) mass is 288 g/mol. The minimum atomic E-state index is 0.101. The van der Waals surface area contributed by atoms with Crippen molar-refractivity contribution in [3.05, 3.63) is 35.9 Å². The first kappa shape index (κ1) is 16.5. The molecule has 2 heteroatoms. The maximum absolute atomic E-state index is 3.81. The number of benzene rings is 1. The van der Waals surface area contributed by atoms with Crippen molar-refractivity contribution in [2.24, 2.45) is 5.92 Å². The fourth-order valence-electron chi connectivity index (χ4n) is 3.63. The predicted octanol–water partition coefficient (Wildman–Crippen LogP) is 4.02. The molecule has 1 aliphatic rings. The van der Waals surface area contributed by atoms with Crippen LogP contribution in [0.25, 0.3) is 0 Å². The highest BCUT2D eigenvalue weighted by molar-refractivity contribution is 5.25. The van der Waals surface area contributed by atoms with E-state index < -0.39 is 0 Å². The molecule has 0 radical (unpaired) electrons. The molecule has 2 nitrogen and oxygen atoms in total. The van der Waals surface area contributed by atoms with Crippen LogP contribution in [0.3, 0.4) is 0 Å². The minimum Gasteiger partial charge on any atom is -0.311 e. The van der Waals surface area contributed by atoms with E-state index in [1.54, 1.807) is 0 Å². The molecular formula is C19H32N2. The molecule has 1 aliphatic heterocycles. The highest BCUT2D eigenvalue weighted by Crippen LogP contribution is 2.33. The maximum atomic E-state index is 3.81. The molecule has 1 heterocycles. The highest BCUT2D eigenvalue weighted by Gasteiger charge is 2.40. The van der Waals surface area contributed by atoms with Gasteiger partial charge in [-0.2, -0.15) is 0 Å². The number of piperazine rings is 1. The Labute approximate surface area is 130 Å². The average Bonchev–Trinajstić information content (AvgIpc) is 2.49. The van der Waals surface area contributed by atoms with Crippen LogP contribution in [-0.2, 0) is 5.54 Å². The maximum Gasteiger partial charge on any atom is 0.0560 e. The Morgan fingerprint density at radius 2 is 1.90 bits per heavy atom. The van der Waals surface area contributed by atoms with Gasteiger partial charge < -0.3 is 5.32 Å². The molecule has 3 unspecified atom stereocenters. The van der Waals surface area contributed by atoms with E-state index in [1.807, 2.05) is 0 Å². The number of hydrogen-bond donors (Lipinski definition) is 1. The first-order valence-electron chi connectivity index (χ1n) is 8.53. The summed E-state index contributed by atoms with van der Waals surface area (Å²) in [4.78, 5) is 2.73. The predicted molar refractivity (Wildman–Crippen MR) is 91.5 cm³/mol. The second-order valence-electron chi connectivity index (χ2n) is 7.26. The van der Waals surface area contributed by atoms with Crippen molar-refractivity contribution in [1.82, 2.24) is 10.2 Å². The van der Waals surface area contributed by atoms with Gasteiger partial charge in [-0.25, -0.2) is 0 Å². The lowest BCUT2D eigenvalue weighted by Crippen LogP contribution is -2.63. The van der Waals surface area contributed by atoms with Crippen LogP contribution in [0.1, 0.15) is 53.0 Å². The lowest BCUT2D eigenvalue weighted by molar-refractivity contribution is 0.0108. The second-order valence-corrected chi connectivity index (χ2v) is 7.26. The molecule has 0 amide bonds. The fourth-order valence-corrected chi connectivity index (χ4v) is 3.63. The summed E-state index contributed by atoms with van der Waals surface area (Å²) in [5.41, 5.74) is 1.53. The van der Waals surface area contributed by atoms with Crippen LogP contribution in [0.2, 0.25) is 0 Å². The standard InChI is InChI=1S/C19H32N2/c1-6-16(4)21-13-18(12-15(2)3)20-14-19(21,5)17-10-8-7-9-11-17/h7-11,15-16,18,20H,6,12-14H2,1-5H3. The number of nitrogens with one attached hydrogen (secondary N) is 1. The van der Waals surface area contributed by atoms with Gasteiger partial charge in [0.1, 0.15) is 0 Å². The van der Waals surface area contributed by atoms with Gasteiger partial charge in [-0.15, -0.1) is 0 Å². The van der Waals surface area contributed by atoms with Gasteiger partial charge >= 0.3 is 0 Å². The van der Waals surface area contributed by atoms with E-state index in [1.165, 1.54) is 18.4 Å². The first-order chi connectivity index (χ1) is 9.97. The molecule has 1 saturated heterocycles. The first-order valence-corrected chi connectivity index (χ1v) is 8.53. The van der Waals surface area contributed by atoms with E-state index in [4.69, 9.17) is 0 Å². The van der Waals surface area contributed by atoms with Gasteiger partial charge in [0.05, 0.1) is 5.54 Å². The number of nitrogens with zero attached hydrogens (tertiary/aromatic N) is 1. The molecule has 21 heavy (non-hydrogen) atoms. The molecular weight excluding hydrogens is 256 g/mol. The molecule has 118 valence electrons. The van der Waals surface area contributed by atoms with Gasteiger partial charge in [0.15, 0.2) is 0 Å². The Hall–Kier alpha value is -0.860. The van der Waals surface area contributed by atoms with Crippen molar-refractivity contribution in [2.75, 3.05) is 13.1 Å². The third-order valence-corrected chi connectivity index (χ3v) is 5.06. The SMILES string of the molecule is CCC(C)N1CC(CC(C)C)NCC1(C)c1ccccc1. The van der Waals surface area contributed by atoms with Gasteiger partial charge in [0, 0.05) is 25.2 Å². The third kappa shape index (κ3) is 3.67. The summed E-state index contributed by atoms with van der Waals surface area (Å²) >= 11 is 0. The zero-order valence-electron chi connectivity index (χ0n) is 14.4. The third-order valence-electron chi connectivity index (χ3n) is 5.06. The van der Waals surface area contributed by atoms with Crippen LogP contribution in [-0.4, -0.2) is 30.1 Å². The Morgan fingerprint density at radius 1 is 1.24 bits per heavy atom. The van der Waals surface area contributed by atoms with Crippen LogP contribution in [0.4, 0.5) is 0 Å². The largest absolute Gasteiger partial charge is 0.311 e. The molecule has 2 rings (SSSR count). The van der Waals surface area contributed by atoms with Gasteiger partial charge in [0.2, 0.25) is 0 Å². The van der Waals surface area contributed by atoms with Gasteiger partial charge in [-0.05, 0) is 38.2 Å². The summed E-state index contributed by atoms with van der Waals surface area (Å²) < 4.78 is 0. The van der Waals surface area contributed by atoms with Crippen LogP contribution in [0, 0.1) is 5.92 Å². The molecule has 0 saturated carbocycles. The molecule has 0 aromatic heterocycles. The summed E-state index contributed by atoms with van der Waals surface area (Å²) in [6.45, 7) is 13.9. The summed E-state index contributed by atoms with van der Waals surface area (Å²) in [7, 11) is 0. The molecule has 0 aliphatic carbocycles. The van der Waals surface area contributed by atoms with Crippen molar-refractivity contribution in [3.63, 3.8) is 0 Å². The van der Waals surface area contributed by atoms with E-state index in [0.717, 1.165) is 19.0 Å². The van der Waals surface area contributed by atoms with Crippen LogP contribution < -0.4 is 5.32 Å². The normalized spacial score (nSPS) is 28.8. The summed E-state index contributed by atoms with van der Waals surface area (Å²) in [6.07, 6.45) is 2.47. The lowest BCUT2D eigenvalue weighted by atomic mass is 9.84. The second kappa shape index (κ2) is 6.93. The Kier molecular flexibility index (Phi) is 5.45. The zero-order valence-corrected chi connectivity index (χ0v) is 14.4. The number of rotatable bonds is 5. The zero-order chi connectivity index (χ0) is 15.5. The molecule has 3 atom stereocenters. The quantitative estimate of drug-likeness (QED) is 0.880. The topological polar surface area (TPSA) is 15.3 Å². The Bertz CT molecular complexity index is 428. The molecule has 1 N–H and O–H groups in total. The minimum absolute atomic E-state index is 0.101. The van der Waals surface area contributed by atoms with E-state index in [2.05, 4.69) is 75.2 Å². The van der Waals surface area contributed by atoms with Gasteiger partial charge in [0.25, 0.3) is 0 Å². The molecule has 1 fully saturated rings. The Balaban J connectivity index is 2.24. The van der Waals surface area contributed by atoms with Crippen molar-refractivity contribution < 1.29 is 0 Å². The van der Waals surface area contributed by atoms with Crippen molar-refractivity contribution in [1.29, 1.82) is 0 Å². The molecule has 1 aromatic rings. The molecule has 1 aromatic carbocycles. The van der Waals surface area contributed by atoms with Crippen LogP contribution in [0.15, 0.2) is 30.3 Å². The number of hydrogen-bond acceptors (Lipinski definition) is 2. The van der Waals surface area contributed by atoms with Crippen LogP contribution in [0.5, 0.6) is 0 Å². The Morgan fingerprint density at radius 3 is 2.48 bits per heavy atom. The fraction of sp³-hybridized carbons (Fsp3) is 0.684. The van der Waals surface area contributed by atoms with Crippen molar-refractivity contribution in [2.45, 2.75) is 65.1 Å². The lowest BCUT2D eigenvalue weighted by Gasteiger charge is -2.51. The van der Waals surface area contributed by atoms with Gasteiger partial charge in [-0.1, -0.05) is 51.1 Å². The van der Waals surface area contributed by atoms with E-state index >= 15 is 0 Å².